The zero-order chi connectivity index (χ0) is 25.5. The molecule has 188 valence electrons. The summed E-state index contributed by atoms with van der Waals surface area (Å²) >= 11 is 12.6. The van der Waals surface area contributed by atoms with Crippen LogP contribution in [0.3, 0.4) is 0 Å². The maximum Gasteiger partial charge on any atom is 0.329 e. The van der Waals surface area contributed by atoms with Crippen LogP contribution in [0.4, 0.5) is 4.79 Å². The molecular weight excluding hydrogens is 499 g/mol. The highest BCUT2D eigenvalue weighted by Gasteiger charge is 2.36. The minimum absolute atomic E-state index is 0.192. The zero-order valence-electron chi connectivity index (χ0n) is 19.9. The third-order valence-electron chi connectivity index (χ3n) is 5.98. The van der Waals surface area contributed by atoms with Crippen LogP contribution in [-0.4, -0.2) is 48.7 Å². The largest absolute Gasteiger partial charge is 0.464 e. The number of esters is 1. The number of nitrogens with zero attached hydrogens (tertiary/aromatic N) is 1. The van der Waals surface area contributed by atoms with Gasteiger partial charge in [0.25, 0.3) is 0 Å². The third kappa shape index (κ3) is 6.58. The lowest BCUT2D eigenvalue weighted by molar-refractivity contribution is -0.145. The van der Waals surface area contributed by atoms with Gasteiger partial charge in [-0.2, -0.15) is 0 Å². The van der Waals surface area contributed by atoms with Gasteiger partial charge in [-0.05, 0) is 36.2 Å². The van der Waals surface area contributed by atoms with Crippen molar-refractivity contribution in [2.24, 2.45) is 0 Å². The van der Waals surface area contributed by atoms with Crippen LogP contribution in [-0.2, 0) is 20.7 Å². The van der Waals surface area contributed by atoms with Crippen LogP contribution >= 0.6 is 23.2 Å². The maximum atomic E-state index is 12.9. The van der Waals surface area contributed by atoms with Crippen molar-refractivity contribution in [1.29, 1.82) is 0 Å². The molecule has 6 nitrogen and oxygen atoms in total. The van der Waals surface area contributed by atoms with E-state index in [1.54, 1.807) is 11.8 Å². The van der Waals surface area contributed by atoms with Gasteiger partial charge in [0.1, 0.15) is 12.1 Å². The van der Waals surface area contributed by atoms with E-state index >= 15 is 0 Å². The smallest absolute Gasteiger partial charge is 0.329 e. The molecule has 2 amide bonds. The average Bonchev–Trinajstić information content (AvgIpc) is 2.85. The van der Waals surface area contributed by atoms with E-state index in [1.165, 1.54) is 0 Å². The molecule has 3 aromatic carbocycles. The van der Waals surface area contributed by atoms with E-state index in [4.69, 9.17) is 32.7 Å². The van der Waals surface area contributed by atoms with E-state index in [-0.39, 0.29) is 18.7 Å². The van der Waals surface area contributed by atoms with E-state index in [1.807, 2.05) is 78.9 Å². The zero-order valence-corrected chi connectivity index (χ0v) is 21.4. The topological polar surface area (TPSA) is 67.9 Å². The van der Waals surface area contributed by atoms with Crippen LogP contribution in [0, 0.1) is 0 Å². The highest BCUT2D eigenvalue weighted by atomic mass is 35.5. The van der Waals surface area contributed by atoms with Crippen molar-refractivity contribution in [1.82, 2.24) is 10.2 Å². The van der Waals surface area contributed by atoms with E-state index in [0.717, 1.165) is 16.7 Å². The van der Waals surface area contributed by atoms with Crippen molar-refractivity contribution < 1.29 is 19.1 Å². The quantitative estimate of drug-likeness (QED) is 0.365. The fraction of sp³-hybridized carbons (Fsp3) is 0.286. The number of amides is 2. The summed E-state index contributed by atoms with van der Waals surface area (Å²) < 4.78 is 11.6. The first kappa shape index (κ1) is 26.0. The molecule has 4 rings (SSSR count). The number of ether oxygens (including phenoxy) is 2. The number of nitrogens with one attached hydrogen (secondary N) is 1. The van der Waals surface area contributed by atoms with Crippen molar-refractivity contribution in [3.8, 4) is 0 Å². The van der Waals surface area contributed by atoms with Gasteiger partial charge in [-0.25, -0.2) is 9.59 Å². The predicted molar refractivity (Wildman–Crippen MR) is 140 cm³/mol. The molecule has 2 unspecified atom stereocenters. The van der Waals surface area contributed by atoms with E-state index in [2.05, 4.69) is 5.32 Å². The van der Waals surface area contributed by atoms with E-state index < -0.39 is 18.1 Å². The number of urea groups is 1. The van der Waals surface area contributed by atoms with Gasteiger partial charge in [-0.3, -0.25) is 0 Å². The second kappa shape index (κ2) is 12.3. The van der Waals surface area contributed by atoms with Gasteiger partial charge in [-0.15, -0.1) is 0 Å². The van der Waals surface area contributed by atoms with Gasteiger partial charge < -0.3 is 19.7 Å². The Labute approximate surface area is 221 Å². The van der Waals surface area contributed by atoms with Gasteiger partial charge >= 0.3 is 12.0 Å². The highest BCUT2D eigenvalue weighted by Crippen LogP contribution is 2.34. The number of carbonyl (C=O) groups excluding carboxylic acids is 2. The van der Waals surface area contributed by atoms with Crippen LogP contribution in [0.5, 0.6) is 0 Å². The SMILES string of the molecule is CCOC(=O)C(Cc1ccccc1)NC(=O)N1CC(OC(c2ccc(Cl)cc2)c2ccccc2Cl)C1. The lowest BCUT2D eigenvalue weighted by Gasteiger charge is -2.41. The van der Waals surface area contributed by atoms with Crippen molar-refractivity contribution in [3.63, 3.8) is 0 Å². The molecule has 8 heteroatoms. The number of carbonyl (C=O) groups is 2. The lowest BCUT2D eigenvalue weighted by Crippen LogP contribution is -2.60. The van der Waals surface area contributed by atoms with Gasteiger partial charge in [0.05, 0.1) is 25.8 Å². The first-order valence-electron chi connectivity index (χ1n) is 11.9. The molecule has 0 saturated carbocycles. The Balaban J connectivity index is 1.40. The fourth-order valence-corrected chi connectivity index (χ4v) is 4.43. The van der Waals surface area contributed by atoms with Gasteiger partial charge in [0, 0.05) is 22.0 Å². The van der Waals surface area contributed by atoms with Crippen molar-refractivity contribution in [2.75, 3.05) is 19.7 Å². The summed E-state index contributed by atoms with van der Waals surface area (Å²) in [5, 5.41) is 4.06. The summed E-state index contributed by atoms with van der Waals surface area (Å²) in [6, 6.07) is 23.4. The standard InChI is InChI=1S/C28H28Cl2N2O4/c1-2-35-27(33)25(16-19-8-4-3-5-9-19)31-28(34)32-17-22(18-32)36-26(20-12-14-21(29)15-13-20)23-10-6-7-11-24(23)30/h3-15,22,25-26H,2,16-18H2,1H3,(H,31,34). The van der Waals surface area contributed by atoms with Crippen LogP contribution in [0.2, 0.25) is 10.0 Å². The summed E-state index contributed by atoms with van der Waals surface area (Å²) in [6.07, 6.45) is -0.246. The summed E-state index contributed by atoms with van der Waals surface area (Å²) in [4.78, 5) is 27.0. The molecule has 1 aliphatic rings. The first-order valence-corrected chi connectivity index (χ1v) is 12.6. The Kier molecular flexibility index (Phi) is 8.86. The molecule has 1 saturated heterocycles. The number of hydrogen-bond donors (Lipinski definition) is 1. The molecule has 1 fully saturated rings. The van der Waals surface area contributed by atoms with Crippen molar-refractivity contribution >= 4 is 35.2 Å². The van der Waals surface area contributed by atoms with E-state index in [9.17, 15) is 9.59 Å². The molecule has 1 heterocycles. The predicted octanol–water partition coefficient (Wildman–Crippen LogP) is 5.67. The number of likely N-dealkylation sites (tertiary alicyclic amines) is 1. The molecule has 2 atom stereocenters. The monoisotopic (exact) mass is 526 g/mol. The Morgan fingerprint density at radius 2 is 1.64 bits per heavy atom. The Morgan fingerprint density at radius 1 is 0.972 bits per heavy atom. The fourth-order valence-electron chi connectivity index (χ4n) is 4.07. The number of hydrogen-bond acceptors (Lipinski definition) is 4. The van der Waals surface area contributed by atoms with Gasteiger partial charge in [0.2, 0.25) is 0 Å². The Hall–Kier alpha value is -3.06. The normalized spacial score (nSPS) is 15.0. The van der Waals surface area contributed by atoms with Crippen molar-refractivity contribution in [2.45, 2.75) is 31.6 Å². The average molecular weight is 527 g/mol. The molecule has 0 aliphatic carbocycles. The van der Waals surface area contributed by atoms with Gasteiger partial charge in [0.15, 0.2) is 0 Å². The van der Waals surface area contributed by atoms with Gasteiger partial charge in [-0.1, -0.05) is 83.9 Å². The van der Waals surface area contributed by atoms with Crippen LogP contribution in [0.25, 0.3) is 0 Å². The molecule has 36 heavy (non-hydrogen) atoms. The second-order valence-corrected chi connectivity index (χ2v) is 9.40. The summed E-state index contributed by atoms with van der Waals surface area (Å²) in [6.45, 7) is 2.77. The number of rotatable bonds is 9. The minimum atomic E-state index is -0.773. The maximum absolute atomic E-state index is 12.9. The van der Waals surface area contributed by atoms with Crippen molar-refractivity contribution in [3.05, 3.63) is 106 Å². The van der Waals surface area contributed by atoms with Crippen LogP contribution in [0.15, 0.2) is 78.9 Å². The molecule has 1 aliphatic heterocycles. The lowest BCUT2D eigenvalue weighted by atomic mass is 10.0. The number of benzene rings is 3. The molecule has 0 spiro atoms. The van der Waals surface area contributed by atoms with Crippen LogP contribution < -0.4 is 5.32 Å². The molecule has 0 bridgehead atoms. The highest BCUT2D eigenvalue weighted by molar-refractivity contribution is 6.31. The Morgan fingerprint density at radius 3 is 2.31 bits per heavy atom. The minimum Gasteiger partial charge on any atom is -0.464 e. The Bertz CT molecular complexity index is 1170. The first-order chi connectivity index (χ1) is 17.4. The van der Waals surface area contributed by atoms with E-state index in [0.29, 0.717) is 29.6 Å². The van der Waals surface area contributed by atoms with Crippen LogP contribution in [0.1, 0.15) is 29.7 Å². The summed E-state index contributed by atoms with van der Waals surface area (Å²) in [5.41, 5.74) is 2.70. The molecular formula is C28H28Cl2N2O4. The third-order valence-corrected chi connectivity index (χ3v) is 6.57. The molecule has 3 aromatic rings. The molecule has 0 radical (unpaired) electrons. The number of halogens is 2. The summed E-state index contributed by atoms with van der Waals surface area (Å²) in [5.74, 6) is -0.454. The molecule has 0 aromatic heterocycles. The molecule has 1 N–H and O–H groups in total. The summed E-state index contributed by atoms with van der Waals surface area (Å²) in [7, 11) is 0. The second-order valence-electron chi connectivity index (χ2n) is 8.56.